The van der Waals surface area contributed by atoms with Crippen molar-refractivity contribution in [1.29, 1.82) is 0 Å². The van der Waals surface area contributed by atoms with Crippen molar-refractivity contribution >= 4 is 17.3 Å². The lowest BCUT2D eigenvalue weighted by molar-refractivity contribution is -0.384. The second-order valence-corrected chi connectivity index (χ2v) is 5.59. The van der Waals surface area contributed by atoms with Crippen molar-refractivity contribution in [3.8, 4) is 5.75 Å². The van der Waals surface area contributed by atoms with Gasteiger partial charge in [-0.25, -0.2) is 0 Å². The first-order chi connectivity index (χ1) is 10.9. The molecule has 23 heavy (non-hydrogen) atoms. The molecule has 0 spiro atoms. The van der Waals surface area contributed by atoms with Crippen LogP contribution in [0.15, 0.2) is 48.5 Å². The van der Waals surface area contributed by atoms with Crippen LogP contribution in [0.25, 0.3) is 0 Å². The molecular weight excluding hydrogens is 296 g/mol. The molecule has 0 unspecified atom stereocenters. The number of nitrogens with one attached hydrogen (secondary N) is 1. The number of nitrogens with zero attached hydrogens (tertiary/aromatic N) is 1. The summed E-state index contributed by atoms with van der Waals surface area (Å²) in [6, 6.07) is 13.4. The van der Waals surface area contributed by atoms with Crippen LogP contribution in [0.4, 0.5) is 11.4 Å². The maximum absolute atomic E-state index is 12.6. The number of anilines is 1. The molecule has 2 aromatic rings. The molecule has 0 saturated carbocycles. The van der Waals surface area contributed by atoms with Crippen LogP contribution in [0.2, 0.25) is 0 Å². The van der Waals surface area contributed by atoms with Crippen LogP contribution in [0.3, 0.4) is 0 Å². The molecule has 0 radical (unpaired) electrons. The van der Waals surface area contributed by atoms with E-state index >= 15 is 0 Å². The Kier molecular flexibility index (Phi) is 4.64. The van der Waals surface area contributed by atoms with E-state index in [1.165, 1.54) is 25.3 Å². The number of non-ortho nitro benzene ring substituents is 1. The van der Waals surface area contributed by atoms with Gasteiger partial charge in [-0.1, -0.05) is 30.3 Å². The third-order valence-corrected chi connectivity index (χ3v) is 3.71. The molecule has 6 heteroatoms. The van der Waals surface area contributed by atoms with E-state index in [1.54, 1.807) is 13.8 Å². The molecule has 0 atom stereocenters. The van der Waals surface area contributed by atoms with Crippen molar-refractivity contribution in [2.75, 3.05) is 12.4 Å². The predicted molar refractivity (Wildman–Crippen MR) is 87.7 cm³/mol. The maximum Gasteiger partial charge on any atom is 0.271 e. The van der Waals surface area contributed by atoms with Gasteiger partial charge >= 0.3 is 0 Å². The number of amides is 1. The topological polar surface area (TPSA) is 81.5 Å². The van der Waals surface area contributed by atoms with E-state index in [0.717, 1.165) is 5.56 Å². The van der Waals surface area contributed by atoms with Gasteiger partial charge in [0.25, 0.3) is 5.69 Å². The average molecular weight is 314 g/mol. The minimum Gasteiger partial charge on any atom is -0.495 e. The second-order valence-electron chi connectivity index (χ2n) is 5.59. The molecule has 0 bridgehead atoms. The van der Waals surface area contributed by atoms with Crippen LogP contribution in [0.5, 0.6) is 5.75 Å². The highest BCUT2D eigenvalue weighted by molar-refractivity contribution is 5.99. The Balaban J connectivity index is 2.32. The van der Waals surface area contributed by atoms with Gasteiger partial charge in [0.15, 0.2) is 0 Å². The lowest BCUT2D eigenvalue weighted by Crippen LogP contribution is -2.34. The lowest BCUT2D eigenvalue weighted by atomic mass is 9.83. The first-order valence-electron chi connectivity index (χ1n) is 7.05. The monoisotopic (exact) mass is 314 g/mol. The van der Waals surface area contributed by atoms with Gasteiger partial charge in [-0.3, -0.25) is 14.9 Å². The molecule has 0 fully saturated rings. The quantitative estimate of drug-likeness (QED) is 0.676. The summed E-state index contributed by atoms with van der Waals surface area (Å²) in [6.07, 6.45) is 0. The van der Waals surface area contributed by atoms with Crippen LogP contribution < -0.4 is 10.1 Å². The molecule has 0 aliphatic heterocycles. The molecule has 0 aliphatic carbocycles. The zero-order valence-corrected chi connectivity index (χ0v) is 13.2. The largest absolute Gasteiger partial charge is 0.495 e. The molecule has 1 N–H and O–H groups in total. The van der Waals surface area contributed by atoms with E-state index in [2.05, 4.69) is 5.32 Å². The number of ether oxygens (including phenoxy) is 1. The van der Waals surface area contributed by atoms with Crippen LogP contribution >= 0.6 is 0 Å². The standard InChI is InChI=1S/C17H18N2O4/c1-17(2,12-7-5-4-6-8-12)16(20)18-14-11-13(19(21)22)9-10-15(14)23-3/h4-11H,1-3H3,(H,18,20). The highest BCUT2D eigenvalue weighted by Crippen LogP contribution is 2.31. The smallest absolute Gasteiger partial charge is 0.271 e. The number of hydrogen-bond acceptors (Lipinski definition) is 4. The van der Waals surface area contributed by atoms with Gasteiger partial charge in [0.2, 0.25) is 5.91 Å². The van der Waals surface area contributed by atoms with Gasteiger partial charge < -0.3 is 10.1 Å². The molecule has 0 saturated heterocycles. The molecule has 0 heterocycles. The number of rotatable bonds is 5. The number of nitro benzene ring substituents is 1. The number of carbonyl (C=O) groups is 1. The minimum absolute atomic E-state index is 0.112. The summed E-state index contributed by atoms with van der Waals surface area (Å²) in [5.41, 5.74) is 0.216. The fourth-order valence-corrected chi connectivity index (χ4v) is 2.17. The molecular formula is C17H18N2O4. The van der Waals surface area contributed by atoms with E-state index in [0.29, 0.717) is 5.75 Å². The van der Waals surface area contributed by atoms with Crippen LogP contribution in [-0.4, -0.2) is 17.9 Å². The van der Waals surface area contributed by atoms with Gasteiger partial charge in [0.1, 0.15) is 5.75 Å². The number of benzene rings is 2. The number of methoxy groups -OCH3 is 1. The third kappa shape index (κ3) is 3.48. The SMILES string of the molecule is COc1ccc([N+](=O)[O-])cc1NC(=O)C(C)(C)c1ccccc1. The number of carbonyl (C=O) groups excluding carboxylic acids is 1. The van der Waals surface area contributed by atoms with Gasteiger partial charge in [-0.05, 0) is 25.5 Å². The van der Waals surface area contributed by atoms with E-state index < -0.39 is 10.3 Å². The molecule has 2 rings (SSSR count). The highest BCUT2D eigenvalue weighted by atomic mass is 16.6. The van der Waals surface area contributed by atoms with E-state index in [1.807, 2.05) is 30.3 Å². The molecule has 120 valence electrons. The average Bonchev–Trinajstić information content (AvgIpc) is 2.55. The maximum atomic E-state index is 12.6. The predicted octanol–water partition coefficient (Wildman–Crippen LogP) is 3.52. The Hall–Kier alpha value is -2.89. The summed E-state index contributed by atoms with van der Waals surface area (Å²) in [5.74, 6) is 0.0929. The Morgan fingerprint density at radius 1 is 1.17 bits per heavy atom. The van der Waals surface area contributed by atoms with Crippen molar-refractivity contribution in [3.05, 3.63) is 64.2 Å². The van der Waals surface area contributed by atoms with E-state index in [-0.39, 0.29) is 17.3 Å². The minimum atomic E-state index is -0.795. The van der Waals surface area contributed by atoms with Crippen molar-refractivity contribution in [2.45, 2.75) is 19.3 Å². The van der Waals surface area contributed by atoms with Crippen molar-refractivity contribution < 1.29 is 14.5 Å². The van der Waals surface area contributed by atoms with Gasteiger partial charge in [0, 0.05) is 12.1 Å². The van der Waals surface area contributed by atoms with Crippen molar-refractivity contribution in [3.63, 3.8) is 0 Å². The fourth-order valence-electron chi connectivity index (χ4n) is 2.17. The van der Waals surface area contributed by atoms with E-state index in [4.69, 9.17) is 4.74 Å². The highest BCUT2D eigenvalue weighted by Gasteiger charge is 2.30. The fraction of sp³-hybridized carbons (Fsp3) is 0.235. The molecule has 2 aromatic carbocycles. The lowest BCUT2D eigenvalue weighted by Gasteiger charge is -2.24. The molecule has 0 aromatic heterocycles. The third-order valence-electron chi connectivity index (χ3n) is 3.71. The van der Waals surface area contributed by atoms with Crippen LogP contribution in [0.1, 0.15) is 19.4 Å². The van der Waals surface area contributed by atoms with Gasteiger partial charge in [-0.15, -0.1) is 0 Å². The first-order valence-corrected chi connectivity index (χ1v) is 7.05. The zero-order valence-electron chi connectivity index (χ0n) is 13.2. The summed E-state index contributed by atoms with van der Waals surface area (Å²) in [5, 5.41) is 13.6. The molecule has 6 nitrogen and oxygen atoms in total. The zero-order chi connectivity index (χ0) is 17.0. The normalized spacial score (nSPS) is 10.9. The number of hydrogen-bond donors (Lipinski definition) is 1. The Labute approximate surface area is 134 Å². The van der Waals surface area contributed by atoms with Crippen LogP contribution in [0, 0.1) is 10.1 Å². The Morgan fingerprint density at radius 3 is 2.39 bits per heavy atom. The second kappa shape index (κ2) is 6.48. The first kappa shape index (κ1) is 16.5. The molecule has 0 aliphatic rings. The van der Waals surface area contributed by atoms with E-state index in [9.17, 15) is 14.9 Å². The van der Waals surface area contributed by atoms with Crippen molar-refractivity contribution in [2.24, 2.45) is 0 Å². The summed E-state index contributed by atoms with van der Waals surface area (Å²) in [7, 11) is 1.44. The summed E-state index contributed by atoms with van der Waals surface area (Å²) in [4.78, 5) is 23.0. The molecule has 1 amide bonds. The van der Waals surface area contributed by atoms with Crippen molar-refractivity contribution in [1.82, 2.24) is 0 Å². The Bertz CT molecular complexity index is 727. The van der Waals surface area contributed by atoms with Gasteiger partial charge in [-0.2, -0.15) is 0 Å². The Morgan fingerprint density at radius 2 is 1.83 bits per heavy atom. The summed E-state index contributed by atoms with van der Waals surface area (Å²) in [6.45, 7) is 3.59. The van der Waals surface area contributed by atoms with Crippen LogP contribution in [-0.2, 0) is 10.2 Å². The van der Waals surface area contributed by atoms with Gasteiger partial charge in [0.05, 0.1) is 23.1 Å². The summed E-state index contributed by atoms with van der Waals surface area (Å²) < 4.78 is 5.16. The number of nitro groups is 1. The summed E-state index contributed by atoms with van der Waals surface area (Å²) >= 11 is 0.